The third-order valence-electron chi connectivity index (χ3n) is 7.43. The molecule has 0 radical (unpaired) electrons. The standard InChI is InChI=1S/C22H27BrN2O2/c1-13(2)11-21(18(24)26)16-7-8-17(20(16)9-10-20)22(21,19(25)27)12-14-3-5-15(23)6-4-14/h3-8,13,16-17H,9-12H2,1-2H3,(H2,24,26)(H2,25,27)/t16-,17+,21+,22+/m1/s1. The van der Waals surface area contributed by atoms with Gasteiger partial charge in [0.25, 0.3) is 0 Å². The van der Waals surface area contributed by atoms with Crippen molar-refractivity contribution in [2.75, 3.05) is 0 Å². The zero-order valence-corrected chi connectivity index (χ0v) is 17.5. The van der Waals surface area contributed by atoms with Crippen molar-refractivity contribution in [2.24, 2.45) is 45.5 Å². The maximum Gasteiger partial charge on any atom is 0.225 e. The molecule has 1 spiro atoms. The fraction of sp³-hybridized carbons (Fsp3) is 0.545. The first kappa shape index (κ1) is 18.7. The van der Waals surface area contributed by atoms with E-state index in [0.717, 1.165) is 22.9 Å². The Morgan fingerprint density at radius 2 is 1.56 bits per heavy atom. The normalized spacial score (nSPS) is 35.1. The van der Waals surface area contributed by atoms with E-state index in [0.29, 0.717) is 12.8 Å². The Morgan fingerprint density at radius 3 is 2.00 bits per heavy atom. The summed E-state index contributed by atoms with van der Waals surface area (Å²) in [4.78, 5) is 26.3. The highest BCUT2D eigenvalue weighted by Gasteiger charge is 2.82. The van der Waals surface area contributed by atoms with Crippen LogP contribution >= 0.6 is 15.9 Å². The van der Waals surface area contributed by atoms with Gasteiger partial charge in [0.1, 0.15) is 0 Å². The van der Waals surface area contributed by atoms with Crippen molar-refractivity contribution in [2.45, 2.75) is 39.5 Å². The van der Waals surface area contributed by atoms with Crippen LogP contribution in [0.4, 0.5) is 0 Å². The van der Waals surface area contributed by atoms with E-state index >= 15 is 0 Å². The lowest BCUT2D eigenvalue weighted by Gasteiger charge is -2.48. The summed E-state index contributed by atoms with van der Waals surface area (Å²) in [7, 11) is 0. The van der Waals surface area contributed by atoms with E-state index in [1.165, 1.54) is 0 Å². The third-order valence-corrected chi connectivity index (χ3v) is 7.95. The molecular weight excluding hydrogens is 404 g/mol. The number of hydrogen-bond donors (Lipinski definition) is 2. The predicted octanol–water partition coefficient (Wildman–Crippen LogP) is 3.58. The summed E-state index contributed by atoms with van der Waals surface area (Å²) in [5.74, 6) is -0.506. The number of halogens is 1. The van der Waals surface area contributed by atoms with Gasteiger partial charge in [-0.15, -0.1) is 0 Å². The number of allylic oxidation sites excluding steroid dienone is 2. The summed E-state index contributed by atoms with van der Waals surface area (Å²) in [5, 5.41) is 0. The molecule has 0 saturated heterocycles. The van der Waals surface area contributed by atoms with E-state index in [4.69, 9.17) is 11.5 Å². The molecule has 3 aliphatic rings. The van der Waals surface area contributed by atoms with Gasteiger partial charge in [0, 0.05) is 4.47 Å². The van der Waals surface area contributed by atoms with Crippen LogP contribution in [-0.2, 0) is 16.0 Å². The maximum atomic E-state index is 13.2. The van der Waals surface area contributed by atoms with Gasteiger partial charge in [-0.1, -0.05) is 54.1 Å². The highest BCUT2D eigenvalue weighted by Crippen LogP contribution is 2.81. The van der Waals surface area contributed by atoms with Gasteiger partial charge in [-0.25, -0.2) is 0 Å². The first-order chi connectivity index (χ1) is 12.7. The lowest BCUT2D eigenvalue weighted by molar-refractivity contribution is -0.152. The Balaban J connectivity index is 1.93. The van der Waals surface area contributed by atoms with Crippen LogP contribution in [0.25, 0.3) is 0 Å². The Kier molecular flexibility index (Phi) is 4.12. The molecule has 5 heteroatoms. The van der Waals surface area contributed by atoms with E-state index in [-0.39, 0.29) is 35.0 Å². The molecule has 0 aromatic heterocycles. The summed E-state index contributed by atoms with van der Waals surface area (Å²) in [6.45, 7) is 4.18. The van der Waals surface area contributed by atoms with Crippen LogP contribution in [0.2, 0.25) is 0 Å². The van der Waals surface area contributed by atoms with Crippen LogP contribution in [-0.4, -0.2) is 11.8 Å². The van der Waals surface area contributed by atoms with Crippen molar-refractivity contribution in [3.63, 3.8) is 0 Å². The van der Waals surface area contributed by atoms with Crippen molar-refractivity contribution in [1.29, 1.82) is 0 Å². The highest BCUT2D eigenvalue weighted by atomic mass is 79.9. The number of hydrogen-bond acceptors (Lipinski definition) is 2. The van der Waals surface area contributed by atoms with E-state index < -0.39 is 10.8 Å². The molecule has 3 aliphatic carbocycles. The molecule has 144 valence electrons. The van der Waals surface area contributed by atoms with Crippen molar-refractivity contribution in [1.82, 2.24) is 0 Å². The molecule has 4 nitrogen and oxygen atoms in total. The minimum absolute atomic E-state index is 0.00564. The maximum absolute atomic E-state index is 13.2. The molecule has 1 aromatic carbocycles. The van der Waals surface area contributed by atoms with Gasteiger partial charge in [-0.3, -0.25) is 9.59 Å². The second-order valence-electron chi connectivity index (χ2n) is 9.15. The summed E-state index contributed by atoms with van der Waals surface area (Å²) in [6, 6.07) is 7.94. The van der Waals surface area contributed by atoms with Crippen LogP contribution in [0.5, 0.6) is 0 Å². The molecule has 2 saturated carbocycles. The zero-order valence-electron chi connectivity index (χ0n) is 15.9. The number of carbonyl (C=O) groups is 2. The highest BCUT2D eigenvalue weighted by molar-refractivity contribution is 9.10. The summed E-state index contributed by atoms with van der Waals surface area (Å²) < 4.78 is 0.981. The number of benzene rings is 1. The monoisotopic (exact) mass is 430 g/mol. The average Bonchev–Trinajstić information content (AvgIpc) is 3.25. The molecule has 1 aromatic rings. The first-order valence-corrected chi connectivity index (χ1v) is 10.5. The van der Waals surface area contributed by atoms with Gasteiger partial charge >= 0.3 is 0 Å². The fourth-order valence-corrected chi connectivity index (χ4v) is 6.77. The van der Waals surface area contributed by atoms with Crippen LogP contribution in [0, 0.1) is 34.0 Å². The molecular formula is C22H27BrN2O2. The van der Waals surface area contributed by atoms with Gasteiger partial charge in [-0.2, -0.15) is 0 Å². The van der Waals surface area contributed by atoms with Crippen LogP contribution in [0.1, 0.15) is 38.7 Å². The summed E-state index contributed by atoms with van der Waals surface area (Å²) in [5.41, 5.74) is 11.4. The van der Waals surface area contributed by atoms with E-state index in [2.05, 4.69) is 41.9 Å². The Hall–Kier alpha value is -1.62. The van der Waals surface area contributed by atoms with E-state index in [9.17, 15) is 9.59 Å². The largest absolute Gasteiger partial charge is 0.369 e. The second-order valence-corrected chi connectivity index (χ2v) is 10.1. The van der Waals surface area contributed by atoms with E-state index in [1.807, 2.05) is 24.3 Å². The van der Waals surface area contributed by atoms with Crippen molar-refractivity contribution in [3.8, 4) is 0 Å². The zero-order chi connectivity index (χ0) is 19.6. The number of primary amides is 2. The summed E-state index contributed by atoms with van der Waals surface area (Å²) >= 11 is 3.46. The molecule has 0 aliphatic heterocycles. The molecule has 0 unspecified atom stereocenters. The predicted molar refractivity (Wildman–Crippen MR) is 108 cm³/mol. The molecule has 2 amide bonds. The lowest BCUT2D eigenvalue weighted by atomic mass is 9.52. The van der Waals surface area contributed by atoms with Crippen molar-refractivity contribution in [3.05, 3.63) is 46.5 Å². The Morgan fingerprint density at radius 1 is 1.04 bits per heavy atom. The van der Waals surface area contributed by atoms with Crippen LogP contribution < -0.4 is 11.5 Å². The first-order valence-electron chi connectivity index (χ1n) is 9.73. The SMILES string of the molecule is CC(C)C[C@@]1(C(N)=O)[C@@H]2C=C[C@@H](C23CC3)[C@@]1(Cc1ccc(Br)cc1)C(N)=O. The fourth-order valence-electron chi connectivity index (χ4n) is 6.51. The smallest absolute Gasteiger partial charge is 0.225 e. The molecule has 2 fully saturated rings. The van der Waals surface area contributed by atoms with Crippen molar-refractivity contribution < 1.29 is 9.59 Å². The van der Waals surface area contributed by atoms with E-state index in [1.54, 1.807) is 0 Å². The number of amides is 2. The molecule has 27 heavy (non-hydrogen) atoms. The minimum Gasteiger partial charge on any atom is -0.369 e. The topological polar surface area (TPSA) is 86.2 Å². The second kappa shape index (κ2) is 5.94. The van der Waals surface area contributed by atoms with Gasteiger partial charge in [-0.05, 0) is 66.5 Å². The van der Waals surface area contributed by atoms with Gasteiger partial charge in [0.05, 0.1) is 10.8 Å². The Bertz CT molecular complexity index is 827. The number of nitrogens with two attached hydrogens (primary N) is 2. The van der Waals surface area contributed by atoms with Gasteiger partial charge < -0.3 is 11.5 Å². The quantitative estimate of drug-likeness (QED) is 0.675. The number of carbonyl (C=O) groups excluding carboxylic acids is 2. The summed E-state index contributed by atoms with van der Waals surface area (Å²) in [6.07, 6.45) is 7.44. The molecule has 4 rings (SSSR count). The van der Waals surface area contributed by atoms with Gasteiger partial charge in [0.2, 0.25) is 11.8 Å². The molecule has 4 N–H and O–H groups in total. The lowest BCUT2D eigenvalue weighted by Crippen LogP contribution is -2.60. The molecule has 2 bridgehead atoms. The molecule has 0 heterocycles. The van der Waals surface area contributed by atoms with Gasteiger partial charge in [0.15, 0.2) is 0 Å². The molecule has 4 atom stereocenters. The van der Waals surface area contributed by atoms with Crippen LogP contribution in [0.15, 0.2) is 40.9 Å². The van der Waals surface area contributed by atoms with Crippen molar-refractivity contribution >= 4 is 27.7 Å². The Labute approximate surface area is 168 Å². The average molecular weight is 431 g/mol. The number of rotatable bonds is 6. The van der Waals surface area contributed by atoms with Crippen LogP contribution in [0.3, 0.4) is 0 Å². The third kappa shape index (κ3) is 2.27. The minimum atomic E-state index is -0.965.